The molecule has 6 heteroatoms. The molecule has 2 heterocycles. The topological polar surface area (TPSA) is 74.6 Å². The Morgan fingerprint density at radius 2 is 2.04 bits per heavy atom. The van der Waals surface area contributed by atoms with E-state index in [-0.39, 0.29) is 31.0 Å². The molecule has 0 radical (unpaired) electrons. The van der Waals surface area contributed by atoms with E-state index in [1.54, 1.807) is 23.7 Å². The van der Waals surface area contributed by atoms with Gasteiger partial charge in [-0.15, -0.1) is 0 Å². The molecule has 1 aliphatic heterocycles. The number of methoxy groups -OCH3 is 1. The van der Waals surface area contributed by atoms with Crippen LogP contribution in [0.15, 0.2) is 24.3 Å². The smallest absolute Gasteiger partial charge is 0.313 e. The molecule has 25 heavy (non-hydrogen) atoms. The molecule has 0 N–H and O–H groups in total. The lowest BCUT2D eigenvalue weighted by Gasteiger charge is -2.09. The third kappa shape index (κ3) is 3.20. The summed E-state index contributed by atoms with van der Waals surface area (Å²) in [5.41, 5.74) is 3.46. The van der Waals surface area contributed by atoms with Crippen LogP contribution >= 0.6 is 0 Å². The number of carbonyl (C=O) groups is 3. The number of rotatable bonds is 4. The van der Waals surface area contributed by atoms with E-state index in [1.807, 2.05) is 19.1 Å². The van der Waals surface area contributed by atoms with Crippen LogP contribution in [0.4, 0.5) is 0 Å². The molecular weight excluding hydrogens is 322 g/mol. The Morgan fingerprint density at radius 1 is 1.28 bits per heavy atom. The average Bonchev–Trinajstić information content (AvgIpc) is 2.80. The second kappa shape index (κ2) is 6.55. The van der Waals surface area contributed by atoms with E-state index in [0.29, 0.717) is 22.7 Å². The van der Waals surface area contributed by atoms with E-state index in [9.17, 15) is 14.4 Å². The van der Waals surface area contributed by atoms with Crippen molar-refractivity contribution < 1.29 is 23.9 Å². The Balaban J connectivity index is 1.92. The van der Waals surface area contributed by atoms with Crippen molar-refractivity contribution in [1.82, 2.24) is 4.57 Å². The first-order valence-corrected chi connectivity index (χ1v) is 7.95. The molecule has 1 aromatic carbocycles. The van der Waals surface area contributed by atoms with Crippen molar-refractivity contribution in [1.29, 1.82) is 0 Å². The van der Waals surface area contributed by atoms with Crippen molar-refractivity contribution in [3.05, 3.63) is 52.3 Å². The fourth-order valence-corrected chi connectivity index (χ4v) is 3.02. The fraction of sp³-hybridized carbons (Fsp3) is 0.316. The Bertz CT molecular complexity index is 878. The molecule has 6 nitrogen and oxygen atoms in total. The van der Waals surface area contributed by atoms with Crippen LogP contribution in [0.5, 0.6) is 5.75 Å². The third-order valence-electron chi connectivity index (χ3n) is 4.34. The molecule has 3 rings (SSSR count). The first kappa shape index (κ1) is 17.0. The lowest BCUT2D eigenvalue weighted by Crippen LogP contribution is -2.15. The number of carbonyl (C=O) groups excluding carboxylic acids is 3. The number of ketones is 2. The lowest BCUT2D eigenvalue weighted by molar-refractivity contribution is -0.143. The molecule has 1 aliphatic rings. The fourth-order valence-electron chi connectivity index (χ4n) is 3.02. The third-order valence-corrected chi connectivity index (χ3v) is 4.34. The highest BCUT2D eigenvalue weighted by Crippen LogP contribution is 2.30. The molecule has 0 aliphatic carbocycles. The van der Waals surface area contributed by atoms with Gasteiger partial charge in [0.05, 0.1) is 18.4 Å². The summed E-state index contributed by atoms with van der Waals surface area (Å²) in [6.45, 7) is 2.20. The van der Waals surface area contributed by atoms with Crippen molar-refractivity contribution in [2.75, 3.05) is 7.11 Å². The van der Waals surface area contributed by atoms with Crippen LogP contribution in [0.3, 0.4) is 0 Å². The van der Waals surface area contributed by atoms with Crippen LogP contribution < -0.4 is 4.74 Å². The van der Waals surface area contributed by atoms with Gasteiger partial charge >= 0.3 is 5.97 Å². The van der Waals surface area contributed by atoms with Gasteiger partial charge in [0.1, 0.15) is 24.6 Å². The maximum Gasteiger partial charge on any atom is 0.313 e. The van der Waals surface area contributed by atoms with Crippen LogP contribution in [0, 0.1) is 6.92 Å². The molecule has 0 saturated carbocycles. The van der Waals surface area contributed by atoms with Gasteiger partial charge in [0.25, 0.3) is 0 Å². The molecule has 0 unspecified atom stereocenters. The number of nitrogens with zero attached hydrogens (tertiary/aromatic N) is 1. The summed E-state index contributed by atoms with van der Waals surface area (Å²) in [7, 11) is 2.99. The summed E-state index contributed by atoms with van der Waals surface area (Å²) < 4.78 is 12.0. The van der Waals surface area contributed by atoms with Gasteiger partial charge in [-0.05, 0) is 30.7 Å². The van der Waals surface area contributed by atoms with Gasteiger partial charge in [0, 0.05) is 24.7 Å². The zero-order chi connectivity index (χ0) is 18.1. The highest BCUT2D eigenvalue weighted by atomic mass is 16.5. The second-order valence-corrected chi connectivity index (χ2v) is 6.15. The summed E-state index contributed by atoms with van der Waals surface area (Å²) in [5.74, 6) is -0.377. The quantitative estimate of drug-likeness (QED) is 0.629. The Hall–Kier alpha value is -2.89. The van der Waals surface area contributed by atoms with E-state index in [2.05, 4.69) is 4.74 Å². The van der Waals surface area contributed by atoms with Gasteiger partial charge in [0.2, 0.25) is 5.78 Å². The standard InChI is InChI=1S/C19H19NO5/c1-11-4-5-15-16(6-11)25-10-12-7-13(20(2)18(12)19(15)23)8-14(21)9-17(22)24-3/h4-7H,8-10H2,1-3H3. The molecule has 0 bridgehead atoms. The number of aryl methyl sites for hydroxylation is 1. The maximum absolute atomic E-state index is 12.9. The molecule has 0 atom stereocenters. The Kier molecular flexibility index (Phi) is 4.44. The second-order valence-electron chi connectivity index (χ2n) is 6.15. The number of ether oxygens (including phenoxy) is 2. The van der Waals surface area contributed by atoms with Crippen molar-refractivity contribution in [3.63, 3.8) is 0 Å². The number of Topliss-reactive ketones (excluding diaryl/α,β-unsaturated/α-hetero) is 1. The van der Waals surface area contributed by atoms with Crippen LogP contribution in [-0.4, -0.2) is 29.2 Å². The molecule has 1 aromatic heterocycles. The molecule has 130 valence electrons. The lowest BCUT2D eigenvalue weighted by atomic mass is 10.0. The van der Waals surface area contributed by atoms with E-state index in [1.165, 1.54) is 7.11 Å². The van der Waals surface area contributed by atoms with E-state index < -0.39 is 5.97 Å². The number of hydrogen-bond donors (Lipinski definition) is 0. The van der Waals surface area contributed by atoms with Crippen LogP contribution in [0.25, 0.3) is 0 Å². The summed E-state index contributed by atoms with van der Waals surface area (Å²) in [5, 5.41) is 0. The van der Waals surface area contributed by atoms with Gasteiger partial charge in [-0.3, -0.25) is 14.4 Å². The minimum Gasteiger partial charge on any atom is -0.488 e. The number of aromatic nitrogens is 1. The van der Waals surface area contributed by atoms with Crippen molar-refractivity contribution >= 4 is 17.5 Å². The van der Waals surface area contributed by atoms with Gasteiger partial charge < -0.3 is 14.0 Å². The largest absolute Gasteiger partial charge is 0.488 e. The normalized spacial score (nSPS) is 12.7. The minimum absolute atomic E-state index is 0.0621. The van der Waals surface area contributed by atoms with Crippen molar-refractivity contribution in [2.45, 2.75) is 26.4 Å². The molecular formula is C19H19NO5. The molecule has 2 aromatic rings. The number of benzene rings is 1. The first-order valence-electron chi connectivity index (χ1n) is 7.95. The molecule has 0 saturated heterocycles. The first-order chi connectivity index (χ1) is 11.9. The summed E-state index contributed by atoms with van der Waals surface area (Å²) >= 11 is 0. The van der Waals surface area contributed by atoms with Gasteiger partial charge in [-0.2, -0.15) is 0 Å². The number of esters is 1. The molecule has 0 amide bonds. The predicted octanol–water partition coefficient (Wildman–Crippen LogP) is 2.13. The SMILES string of the molecule is COC(=O)CC(=O)Cc1cc2c(n1C)C(=O)c1ccc(C)cc1OC2. The number of hydrogen-bond acceptors (Lipinski definition) is 5. The summed E-state index contributed by atoms with van der Waals surface area (Å²) in [4.78, 5) is 36.2. The minimum atomic E-state index is -0.565. The predicted molar refractivity (Wildman–Crippen MR) is 89.7 cm³/mol. The summed E-state index contributed by atoms with van der Waals surface area (Å²) in [6, 6.07) is 7.27. The van der Waals surface area contributed by atoms with Crippen LogP contribution in [-0.2, 0) is 34.4 Å². The van der Waals surface area contributed by atoms with Crippen LogP contribution in [0.2, 0.25) is 0 Å². The molecule has 0 spiro atoms. The Morgan fingerprint density at radius 3 is 2.76 bits per heavy atom. The molecule has 0 fully saturated rings. The maximum atomic E-state index is 12.9. The summed E-state index contributed by atoms with van der Waals surface area (Å²) in [6.07, 6.45) is -0.217. The van der Waals surface area contributed by atoms with Gasteiger partial charge in [-0.25, -0.2) is 0 Å². The monoisotopic (exact) mass is 341 g/mol. The van der Waals surface area contributed by atoms with Gasteiger partial charge in [-0.1, -0.05) is 6.07 Å². The Labute approximate surface area is 145 Å². The van der Waals surface area contributed by atoms with E-state index in [0.717, 1.165) is 11.1 Å². The average molecular weight is 341 g/mol. The zero-order valence-corrected chi connectivity index (χ0v) is 14.4. The van der Waals surface area contributed by atoms with Gasteiger partial charge in [0.15, 0.2) is 0 Å². The van der Waals surface area contributed by atoms with Crippen LogP contribution in [0.1, 0.15) is 39.3 Å². The van der Waals surface area contributed by atoms with E-state index >= 15 is 0 Å². The number of fused-ring (bicyclic) bond motifs is 2. The van der Waals surface area contributed by atoms with E-state index in [4.69, 9.17) is 4.74 Å². The van der Waals surface area contributed by atoms with Crippen molar-refractivity contribution in [3.8, 4) is 5.75 Å². The highest BCUT2D eigenvalue weighted by molar-refractivity contribution is 6.11. The van der Waals surface area contributed by atoms with Crippen molar-refractivity contribution in [2.24, 2.45) is 7.05 Å². The zero-order valence-electron chi connectivity index (χ0n) is 14.4. The highest BCUT2D eigenvalue weighted by Gasteiger charge is 2.27.